The molecule has 0 aliphatic carbocycles. The number of nitrogens with one attached hydrogen (secondary N) is 1. The lowest BCUT2D eigenvalue weighted by atomic mass is 9.97. The van der Waals surface area contributed by atoms with E-state index in [2.05, 4.69) is 20.4 Å². The van der Waals surface area contributed by atoms with E-state index in [9.17, 15) is 14.9 Å². The van der Waals surface area contributed by atoms with Crippen LogP contribution in [0.2, 0.25) is 0 Å². The molecule has 0 saturated carbocycles. The summed E-state index contributed by atoms with van der Waals surface area (Å²) in [5.41, 5.74) is 1.20. The predicted molar refractivity (Wildman–Crippen MR) is 91.9 cm³/mol. The van der Waals surface area contributed by atoms with Crippen molar-refractivity contribution in [2.75, 3.05) is 5.32 Å². The van der Waals surface area contributed by atoms with Crippen molar-refractivity contribution in [3.05, 3.63) is 72.4 Å². The van der Waals surface area contributed by atoms with Crippen molar-refractivity contribution >= 4 is 17.5 Å². The van der Waals surface area contributed by atoms with Crippen LogP contribution in [0.3, 0.4) is 0 Å². The zero-order chi connectivity index (χ0) is 18.4. The van der Waals surface area contributed by atoms with Crippen molar-refractivity contribution in [1.82, 2.24) is 19.7 Å². The van der Waals surface area contributed by atoms with E-state index in [0.29, 0.717) is 6.54 Å². The van der Waals surface area contributed by atoms with Crippen LogP contribution in [0.5, 0.6) is 0 Å². The highest BCUT2D eigenvalue weighted by molar-refractivity contribution is 6.15. The largest absolute Gasteiger partial charge is 0.309 e. The Morgan fingerprint density at radius 3 is 2.62 bits per heavy atom. The number of aromatic nitrogens is 4. The summed E-state index contributed by atoms with van der Waals surface area (Å²) in [6, 6.07) is 13.4. The molecule has 26 heavy (non-hydrogen) atoms. The maximum Gasteiger partial charge on any atom is 0.250 e. The summed E-state index contributed by atoms with van der Waals surface area (Å²) in [7, 11) is 0. The van der Waals surface area contributed by atoms with Crippen molar-refractivity contribution in [2.24, 2.45) is 5.92 Å². The van der Waals surface area contributed by atoms with Gasteiger partial charge in [-0.2, -0.15) is 10.4 Å². The molecular formula is C18H14N6O2. The molecule has 0 unspecified atom stereocenters. The number of nitriles is 1. The third-order valence-electron chi connectivity index (χ3n) is 3.62. The molecule has 0 aliphatic heterocycles. The predicted octanol–water partition coefficient (Wildman–Crippen LogP) is 1.68. The number of pyridine rings is 1. The van der Waals surface area contributed by atoms with Crippen LogP contribution < -0.4 is 5.32 Å². The Morgan fingerprint density at radius 2 is 2.00 bits per heavy atom. The van der Waals surface area contributed by atoms with Gasteiger partial charge in [0.25, 0.3) is 5.91 Å². The minimum absolute atomic E-state index is 0.286. The zero-order valence-corrected chi connectivity index (χ0v) is 13.6. The number of rotatable bonds is 6. The quantitative estimate of drug-likeness (QED) is 0.536. The van der Waals surface area contributed by atoms with Gasteiger partial charge in [0.05, 0.1) is 12.6 Å². The molecule has 0 radical (unpaired) electrons. The summed E-state index contributed by atoms with van der Waals surface area (Å²) in [6.07, 6.45) is 4.54. The first-order valence-corrected chi connectivity index (χ1v) is 7.74. The lowest BCUT2D eigenvalue weighted by Gasteiger charge is -2.09. The van der Waals surface area contributed by atoms with Gasteiger partial charge in [-0.15, -0.1) is 0 Å². The second-order valence-corrected chi connectivity index (χ2v) is 5.42. The molecule has 1 amide bonds. The van der Waals surface area contributed by atoms with Gasteiger partial charge in [0.2, 0.25) is 0 Å². The summed E-state index contributed by atoms with van der Waals surface area (Å²) >= 11 is 0. The lowest BCUT2D eigenvalue weighted by molar-refractivity contribution is -0.117. The van der Waals surface area contributed by atoms with Crippen LogP contribution in [0.25, 0.3) is 0 Å². The fraction of sp³-hybridized carbons (Fsp3) is 0.111. The Labute approximate surface area is 149 Å². The molecule has 0 aliphatic rings. The Kier molecular flexibility index (Phi) is 5.10. The first kappa shape index (κ1) is 17.0. The van der Waals surface area contributed by atoms with Crippen LogP contribution >= 0.6 is 0 Å². The van der Waals surface area contributed by atoms with E-state index in [1.54, 1.807) is 59.5 Å². The Bertz CT molecular complexity index is 930. The maximum atomic E-state index is 12.5. The number of carbonyl (C=O) groups is 2. The minimum atomic E-state index is -1.45. The SMILES string of the molecule is N#C[C@@H](C(=O)Nc1ccccn1)C(=O)c1ccc(Cn2cncn2)cc1. The summed E-state index contributed by atoms with van der Waals surface area (Å²) in [5, 5.41) is 15.7. The van der Waals surface area contributed by atoms with Crippen LogP contribution in [0.15, 0.2) is 61.3 Å². The van der Waals surface area contributed by atoms with Crippen LogP contribution in [0.4, 0.5) is 5.82 Å². The van der Waals surface area contributed by atoms with Gasteiger partial charge >= 0.3 is 0 Å². The molecule has 8 heteroatoms. The Hall–Kier alpha value is -3.86. The number of Topliss-reactive ketones (excluding diaryl/α,β-unsaturated/α-hetero) is 1. The first-order valence-electron chi connectivity index (χ1n) is 7.74. The molecule has 0 bridgehead atoms. The van der Waals surface area contributed by atoms with E-state index in [1.165, 1.54) is 12.5 Å². The smallest absolute Gasteiger partial charge is 0.250 e. The number of benzene rings is 1. The first-order chi connectivity index (χ1) is 12.7. The van der Waals surface area contributed by atoms with Gasteiger partial charge < -0.3 is 5.32 Å². The fourth-order valence-electron chi connectivity index (χ4n) is 2.31. The van der Waals surface area contributed by atoms with Crippen molar-refractivity contribution in [3.63, 3.8) is 0 Å². The summed E-state index contributed by atoms with van der Waals surface area (Å²) in [5.74, 6) is -2.43. The molecular weight excluding hydrogens is 332 g/mol. The van der Waals surface area contributed by atoms with Crippen LogP contribution in [-0.2, 0) is 11.3 Å². The lowest BCUT2D eigenvalue weighted by Crippen LogP contribution is -2.29. The number of hydrogen-bond acceptors (Lipinski definition) is 6. The van der Waals surface area contributed by atoms with Crippen molar-refractivity contribution in [3.8, 4) is 6.07 Å². The third-order valence-corrected chi connectivity index (χ3v) is 3.62. The van der Waals surface area contributed by atoms with Gasteiger partial charge in [0.15, 0.2) is 11.7 Å². The zero-order valence-electron chi connectivity index (χ0n) is 13.6. The molecule has 128 valence electrons. The van der Waals surface area contributed by atoms with Crippen LogP contribution in [0, 0.1) is 17.2 Å². The second kappa shape index (κ2) is 7.81. The number of hydrogen-bond donors (Lipinski definition) is 1. The normalized spacial score (nSPS) is 11.3. The van der Waals surface area contributed by atoms with E-state index in [-0.39, 0.29) is 11.4 Å². The molecule has 1 N–H and O–H groups in total. The van der Waals surface area contributed by atoms with Crippen molar-refractivity contribution in [1.29, 1.82) is 5.26 Å². The summed E-state index contributed by atoms with van der Waals surface area (Å²) < 4.78 is 1.65. The Balaban J connectivity index is 1.70. The van der Waals surface area contributed by atoms with Gasteiger partial charge in [-0.1, -0.05) is 30.3 Å². The van der Waals surface area contributed by atoms with Gasteiger partial charge in [-0.05, 0) is 17.7 Å². The highest BCUT2D eigenvalue weighted by Crippen LogP contribution is 2.13. The molecule has 2 heterocycles. The van der Waals surface area contributed by atoms with Gasteiger partial charge in [-0.25, -0.2) is 14.6 Å². The molecule has 1 aromatic carbocycles. The molecule has 0 fully saturated rings. The van der Waals surface area contributed by atoms with Gasteiger partial charge in [-0.3, -0.25) is 9.59 Å². The van der Waals surface area contributed by atoms with E-state index in [4.69, 9.17) is 0 Å². The minimum Gasteiger partial charge on any atom is -0.309 e. The maximum absolute atomic E-state index is 12.5. The summed E-state index contributed by atoms with van der Waals surface area (Å²) in [4.78, 5) is 32.5. The highest BCUT2D eigenvalue weighted by atomic mass is 16.2. The van der Waals surface area contributed by atoms with E-state index >= 15 is 0 Å². The molecule has 8 nitrogen and oxygen atoms in total. The standard InChI is InChI=1S/C18H14N6O2/c19-9-15(18(26)23-16-3-1-2-8-21-16)17(25)14-6-4-13(5-7-14)10-24-12-20-11-22-24/h1-8,11-12,15H,10H2,(H,21,23,26)/t15-/m1/s1. The number of ketones is 1. The van der Waals surface area contributed by atoms with E-state index in [1.807, 2.05) is 0 Å². The van der Waals surface area contributed by atoms with Gasteiger partial charge in [0, 0.05) is 11.8 Å². The van der Waals surface area contributed by atoms with E-state index < -0.39 is 17.6 Å². The second-order valence-electron chi connectivity index (χ2n) is 5.42. The molecule has 3 aromatic rings. The Morgan fingerprint density at radius 1 is 1.19 bits per heavy atom. The van der Waals surface area contributed by atoms with E-state index in [0.717, 1.165) is 5.56 Å². The summed E-state index contributed by atoms with van der Waals surface area (Å²) in [6.45, 7) is 0.510. The number of carbonyl (C=O) groups excluding carboxylic acids is 2. The number of amides is 1. The van der Waals surface area contributed by atoms with Crippen LogP contribution in [-0.4, -0.2) is 31.4 Å². The third kappa shape index (κ3) is 3.96. The molecule has 0 saturated heterocycles. The topological polar surface area (TPSA) is 114 Å². The fourth-order valence-corrected chi connectivity index (χ4v) is 2.31. The average molecular weight is 346 g/mol. The average Bonchev–Trinajstić information content (AvgIpc) is 3.16. The number of anilines is 1. The van der Waals surface area contributed by atoms with Crippen molar-refractivity contribution in [2.45, 2.75) is 6.54 Å². The van der Waals surface area contributed by atoms with Gasteiger partial charge in [0.1, 0.15) is 18.5 Å². The highest BCUT2D eigenvalue weighted by Gasteiger charge is 2.27. The number of nitrogens with zero attached hydrogens (tertiary/aromatic N) is 5. The van der Waals surface area contributed by atoms with Crippen molar-refractivity contribution < 1.29 is 9.59 Å². The molecule has 0 spiro atoms. The molecule has 1 atom stereocenters. The van der Waals surface area contributed by atoms with Crippen LogP contribution in [0.1, 0.15) is 15.9 Å². The molecule has 3 rings (SSSR count). The molecule has 2 aromatic heterocycles. The monoisotopic (exact) mass is 346 g/mol.